The Morgan fingerprint density at radius 2 is 0.550 bits per heavy atom. The van der Waals surface area contributed by atoms with E-state index in [4.69, 9.17) is 68.3 Å². The first kappa shape index (κ1) is 103. The lowest BCUT2D eigenvalue weighted by atomic mass is 10.0. The Hall–Kier alpha value is -11.8. The maximum Gasteiger partial charge on any atom is 0.213 e. The molecule has 10 fully saturated rings. The van der Waals surface area contributed by atoms with E-state index in [9.17, 15) is 50.9 Å². The van der Waals surface area contributed by atoms with Crippen molar-refractivity contribution in [3.05, 3.63) is 212 Å². The molecule has 0 spiro atoms. The van der Waals surface area contributed by atoms with Crippen LogP contribution >= 0.6 is 0 Å². The highest BCUT2D eigenvalue weighted by Crippen LogP contribution is 2.47. The number of sulfone groups is 5. The molecule has 15 aliphatic rings. The van der Waals surface area contributed by atoms with Gasteiger partial charge in [0.05, 0.1) is 166 Å². The summed E-state index contributed by atoms with van der Waals surface area (Å²) in [5.41, 5.74) is 16.5. The summed E-state index contributed by atoms with van der Waals surface area (Å²) in [5.74, 6) is 6.84. The van der Waals surface area contributed by atoms with Gasteiger partial charge in [0.15, 0.2) is 78.3 Å². The molecule has 10 aromatic rings. The number of morpholine rings is 5. The first-order valence-corrected chi connectivity index (χ1v) is 60.2. The highest BCUT2D eigenvalue weighted by atomic mass is 32.2. The van der Waals surface area contributed by atoms with Crippen LogP contribution in [0.2, 0.25) is 0 Å². The van der Waals surface area contributed by atoms with E-state index in [1.165, 1.54) is 24.3 Å². The third-order valence-electron chi connectivity index (χ3n) is 30.5. The van der Waals surface area contributed by atoms with E-state index in [1.54, 1.807) is 31.6 Å². The summed E-state index contributed by atoms with van der Waals surface area (Å²) in [7, 11) is -14.5. The molecule has 25 rings (SSSR count). The molecule has 0 amide bonds. The minimum Gasteiger partial charge on any atom is -0.481 e. The van der Waals surface area contributed by atoms with Crippen molar-refractivity contribution in [1.29, 1.82) is 0 Å². The van der Waals surface area contributed by atoms with Gasteiger partial charge < -0.3 is 52.9 Å². The van der Waals surface area contributed by atoms with Crippen LogP contribution in [0.25, 0.3) is 87.3 Å². The van der Waals surface area contributed by atoms with Crippen LogP contribution in [0.15, 0.2) is 116 Å². The van der Waals surface area contributed by atoms with Crippen LogP contribution in [-0.2, 0) is 105 Å². The lowest BCUT2D eigenvalue weighted by Crippen LogP contribution is -2.44. The molecular formula is C108H122F2N18O16S5. The maximum atomic E-state index is 14.3. The van der Waals surface area contributed by atoms with Gasteiger partial charge in [0.1, 0.15) is 67.0 Å². The van der Waals surface area contributed by atoms with Gasteiger partial charge in [-0.1, -0.05) is 60.8 Å². The number of fused-ring (bicyclic) bond motifs is 5. The number of nitrogens with zero attached hydrogens (tertiary/aromatic N) is 18. The summed E-state index contributed by atoms with van der Waals surface area (Å²) in [6.45, 7) is 19.9. The summed E-state index contributed by atoms with van der Waals surface area (Å²) >= 11 is 0. The Morgan fingerprint density at radius 3 is 0.819 bits per heavy atom. The number of methoxy groups -OCH3 is 1. The molecule has 18 heterocycles. The predicted octanol–water partition coefficient (Wildman–Crippen LogP) is 14.4. The van der Waals surface area contributed by atoms with Crippen molar-refractivity contribution >= 4 is 109 Å². The monoisotopic (exact) mass is 2120 g/mol. The van der Waals surface area contributed by atoms with Crippen molar-refractivity contribution in [2.24, 2.45) is 0 Å². The van der Waals surface area contributed by atoms with Crippen LogP contribution in [-0.4, -0.2) is 272 Å². The molecule has 0 bridgehead atoms. The standard InChI is InChI=1S/2C22H24FN3O3S.C22H26N4O4S.2C21H24N4O3S/c2*1-14-13-29-8-7-26(14)21-12-19(20-6-3-9-30(20,27)28)24-22(25-21)18-11-16(23)10-15-4-2-5-17(15)18;1-14-13-30-9-8-26(14)20-12-18(19-7-4-10-31(19,27)28)24-22(25-20)16-11-21(29-2)23-17-6-3-5-15(16)17;2*1-14-13-28-8-7-25(14)20-10-18(19-6-3-9-29(19,26)27)23-21(24-20)17-12-22-11-15-4-2-5-16(15)17/h2*2,5,10-12,14,20H,3-4,6-9,13H2,1H3;3,5,11-12,14,19H,4,6-10,13H2,1-2H3;2*2,5,10-12,14,19H,3-4,6-9,13H2,1H3/t14-,20?;14-,20+;14-,19-;14-,19+;14-,19-/m11111/s1. The molecular weight excluding hydrogens is 2000 g/mol. The summed E-state index contributed by atoms with van der Waals surface area (Å²) in [5, 5.41) is -2.96. The number of hydrogen-bond acceptors (Lipinski definition) is 34. The molecule has 5 aliphatic carbocycles. The highest BCUT2D eigenvalue weighted by Gasteiger charge is 2.43. The van der Waals surface area contributed by atoms with Crippen LogP contribution in [0.5, 0.6) is 5.88 Å². The van der Waals surface area contributed by atoms with E-state index in [0.29, 0.717) is 249 Å². The number of halogens is 2. The highest BCUT2D eigenvalue weighted by molar-refractivity contribution is 7.93. The molecule has 8 aromatic heterocycles. The molecule has 41 heteroatoms. The van der Waals surface area contributed by atoms with Crippen molar-refractivity contribution in [1.82, 2.24) is 64.8 Å². The summed E-state index contributed by atoms with van der Waals surface area (Å²) in [4.78, 5) is 71.9. The molecule has 149 heavy (non-hydrogen) atoms. The summed E-state index contributed by atoms with van der Waals surface area (Å²) < 4.78 is 188. The van der Waals surface area contributed by atoms with Gasteiger partial charge in [-0.15, -0.1) is 0 Å². The number of pyridine rings is 3. The van der Waals surface area contributed by atoms with Gasteiger partial charge in [0.2, 0.25) is 5.88 Å². The van der Waals surface area contributed by atoms with Gasteiger partial charge in [-0.2, -0.15) is 0 Å². The van der Waals surface area contributed by atoms with Crippen molar-refractivity contribution in [2.75, 3.05) is 159 Å². The average molecular weight is 2130 g/mol. The Labute approximate surface area is 867 Å². The number of benzene rings is 2. The number of hydrogen-bond donors (Lipinski definition) is 0. The number of rotatable bonds is 16. The third-order valence-corrected chi connectivity index (χ3v) is 41.5. The van der Waals surface area contributed by atoms with Gasteiger partial charge >= 0.3 is 0 Å². The zero-order valence-electron chi connectivity index (χ0n) is 84.3. The second kappa shape index (κ2) is 43.2. The van der Waals surface area contributed by atoms with E-state index in [2.05, 4.69) is 114 Å². The first-order chi connectivity index (χ1) is 71.9. The number of allylic oxidation sites excluding steroid dienone is 5. The maximum absolute atomic E-state index is 14.3. The molecule has 10 saturated heterocycles. The third kappa shape index (κ3) is 21.7. The van der Waals surface area contributed by atoms with Gasteiger partial charge in [-0.25, -0.2) is 106 Å². The topological polar surface area (TPSA) is 410 Å². The van der Waals surface area contributed by atoms with Crippen LogP contribution < -0.4 is 29.2 Å². The lowest BCUT2D eigenvalue weighted by molar-refractivity contribution is 0.0985. The van der Waals surface area contributed by atoms with Crippen molar-refractivity contribution < 1.29 is 79.3 Å². The van der Waals surface area contributed by atoms with Crippen molar-refractivity contribution in [3.8, 4) is 62.8 Å². The van der Waals surface area contributed by atoms with Gasteiger partial charge in [0.25, 0.3) is 0 Å². The molecule has 10 aliphatic heterocycles. The average Bonchev–Trinajstić information content (AvgIpc) is 1.68. The summed E-state index contributed by atoms with van der Waals surface area (Å²) in [6.07, 6.45) is 37.6. The SMILES string of the molecule is COc1cc(-c2nc([C@H]3CCCS3(=O)=O)cc(N3CCOC[C@H]3C)n2)c2c(n1)CC=C2.C[C@@H]1COCCN1c1cc(C2CCCS2(=O)=O)nc(-c2cc(F)cc3c2C=CC3)n1.C[C@@H]1COCCN1c1cc([C@@H]2CCCS2(=O)=O)nc(-c2cc(F)cc3c2C=CC3)n1.C[C@@H]1COCCN1c1cc([C@@H]2CCCS2(=O)=O)nc(-c2cncc3c2C=CC3)n1.C[C@@H]1COCCN1c1cc([C@H]2CCCS2(=O)=O)nc(-c2cncc3c2C=CC3)n1. The van der Waals surface area contributed by atoms with E-state index in [1.807, 2.05) is 67.0 Å². The molecule has 784 valence electrons. The fraction of sp³-hybridized carbons (Fsp3) is 0.472. The minimum absolute atomic E-state index is 0.104. The van der Waals surface area contributed by atoms with Crippen LogP contribution in [0.1, 0.15) is 209 Å². The van der Waals surface area contributed by atoms with E-state index < -0.39 is 75.4 Å². The van der Waals surface area contributed by atoms with E-state index in [0.717, 1.165) is 122 Å². The van der Waals surface area contributed by atoms with E-state index >= 15 is 0 Å². The second-order valence-electron chi connectivity index (χ2n) is 40.6. The minimum atomic E-state index is -3.24. The van der Waals surface area contributed by atoms with Crippen LogP contribution in [0.3, 0.4) is 0 Å². The predicted molar refractivity (Wildman–Crippen MR) is 568 cm³/mol. The van der Waals surface area contributed by atoms with E-state index in [-0.39, 0.29) is 70.6 Å². The normalized spacial score (nSPS) is 25.0. The Bertz CT molecular complexity index is 7290. The zero-order chi connectivity index (χ0) is 103. The molecule has 0 saturated carbocycles. The second-order valence-corrected chi connectivity index (χ2v) is 52.1. The molecule has 0 N–H and O–H groups in total. The lowest BCUT2D eigenvalue weighted by Gasteiger charge is -2.34. The quantitative estimate of drug-likeness (QED) is 0.0867. The van der Waals surface area contributed by atoms with Crippen LogP contribution in [0.4, 0.5) is 37.9 Å². The number of ether oxygens (including phenoxy) is 6. The Kier molecular flexibility index (Phi) is 29.8. The van der Waals surface area contributed by atoms with Crippen LogP contribution in [0, 0.1) is 11.6 Å². The fourth-order valence-electron chi connectivity index (χ4n) is 22.7. The Morgan fingerprint density at radius 1 is 0.295 bits per heavy atom. The fourth-order valence-corrected chi connectivity index (χ4v) is 32.0. The summed E-state index contributed by atoms with van der Waals surface area (Å²) in [6, 6.07) is 17.7. The zero-order valence-corrected chi connectivity index (χ0v) is 88.3. The van der Waals surface area contributed by atoms with Gasteiger partial charge in [-0.05, 0) is 193 Å². The largest absolute Gasteiger partial charge is 0.481 e. The van der Waals surface area contributed by atoms with Crippen molar-refractivity contribution in [3.63, 3.8) is 0 Å². The first-order valence-electron chi connectivity index (χ1n) is 51.6. The molecule has 0 radical (unpaired) electrons. The van der Waals surface area contributed by atoms with Crippen molar-refractivity contribution in [2.45, 2.75) is 187 Å². The smallest absolute Gasteiger partial charge is 0.213 e. The Balaban J connectivity index is 0.000000109. The number of anilines is 5. The van der Waals surface area contributed by atoms with Gasteiger partial charge in [0, 0.05) is 134 Å². The van der Waals surface area contributed by atoms with Gasteiger partial charge in [-0.3, -0.25) is 9.97 Å². The molecule has 34 nitrogen and oxygen atoms in total. The molecule has 2 aromatic carbocycles. The molecule has 10 atom stereocenters. The number of aromatic nitrogens is 13. The molecule has 1 unspecified atom stereocenters.